The summed E-state index contributed by atoms with van der Waals surface area (Å²) in [4.78, 5) is 22.6. The molecule has 1 aliphatic rings. The Bertz CT molecular complexity index is 281. The normalized spacial score (nSPS) is 30.0. The molecule has 0 spiro atoms. The molecule has 0 amide bonds. The molecule has 1 atom stereocenters. The lowest BCUT2D eigenvalue weighted by Crippen LogP contribution is -2.65. The van der Waals surface area contributed by atoms with Crippen molar-refractivity contribution >= 4 is 11.8 Å². The molecule has 1 saturated heterocycles. The second-order valence-corrected chi connectivity index (χ2v) is 5.14. The number of ketones is 1. The van der Waals surface area contributed by atoms with Gasteiger partial charge in [0.2, 0.25) is 0 Å². The smallest absolute Gasteiger partial charge is 0.315 e. The fraction of sp³-hybridized carbons (Fsp3) is 0.800. The number of carboxylic acids is 1. The number of aliphatic carboxylic acids is 1. The molecule has 0 radical (unpaired) electrons. The Morgan fingerprint density at radius 1 is 1.43 bits per heavy atom. The molecule has 1 aliphatic heterocycles. The van der Waals surface area contributed by atoms with Crippen LogP contribution in [0, 0.1) is 5.92 Å². The molecule has 1 heterocycles. The number of hydrogen-bond acceptors (Lipinski definition) is 3. The Hall–Kier alpha value is -0.900. The van der Waals surface area contributed by atoms with Gasteiger partial charge in [-0.3, -0.25) is 9.59 Å². The van der Waals surface area contributed by atoms with Crippen molar-refractivity contribution in [2.45, 2.75) is 45.2 Å². The number of carboxylic acid groups (broad SMARTS) is 1. The highest BCUT2D eigenvalue weighted by atomic mass is 16.4. The first-order valence-corrected chi connectivity index (χ1v) is 4.70. The van der Waals surface area contributed by atoms with Gasteiger partial charge in [-0.25, -0.2) is 0 Å². The van der Waals surface area contributed by atoms with E-state index in [0.29, 0.717) is 0 Å². The zero-order valence-corrected chi connectivity index (χ0v) is 9.05. The zero-order valence-electron chi connectivity index (χ0n) is 9.05. The lowest BCUT2D eigenvalue weighted by atomic mass is 9.74. The summed E-state index contributed by atoms with van der Waals surface area (Å²) in [6.45, 7) is 7.32. The van der Waals surface area contributed by atoms with Crippen LogP contribution >= 0.6 is 0 Å². The predicted octanol–water partition coefficient (Wildman–Crippen LogP) is 0.807. The maximum Gasteiger partial charge on any atom is 0.315 e. The highest BCUT2D eigenvalue weighted by molar-refractivity contribution is 6.00. The molecule has 1 rings (SSSR count). The van der Waals surface area contributed by atoms with Crippen molar-refractivity contribution < 1.29 is 14.7 Å². The molecule has 0 saturated carbocycles. The number of carbonyl (C=O) groups is 2. The third-order valence-corrected chi connectivity index (χ3v) is 2.57. The monoisotopic (exact) mass is 199 g/mol. The highest BCUT2D eigenvalue weighted by Crippen LogP contribution is 2.30. The first-order valence-electron chi connectivity index (χ1n) is 4.70. The van der Waals surface area contributed by atoms with E-state index in [2.05, 4.69) is 5.32 Å². The molecule has 4 heteroatoms. The second-order valence-electron chi connectivity index (χ2n) is 5.14. The van der Waals surface area contributed by atoms with E-state index in [9.17, 15) is 9.59 Å². The number of carbonyl (C=O) groups excluding carboxylic acids is 1. The van der Waals surface area contributed by atoms with Crippen molar-refractivity contribution in [2.75, 3.05) is 0 Å². The van der Waals surface area contributed by atoms with Crippen LogP contribution in [-0.2, 0) is 9.59 Å². The summed E-state index contributed by atoms with van der Waals surface area (Å²) >= 11 is 0. The van der Waals surface area contributed by atoms with E-state index >= 15 is 0 Å². The molecule has 0 bridgehead atoms. The molecule has 1 fully saturated rings. The van der Waals surface area contributed by atoms with Crippen LogP contribution in [-0.4, -0.2) is 27.9 Å². The Balaban J connectivity index is 3.01. The average Bonchev–Trinajstić information content (AvgIpc) is 1.75. The fourth-order valence-corrected chi connectivity index (χ4v) is 2.38. The Kier molecular flexibility index (Phi) is 2.44. The van der Waals surface area contributed by atoms with Gasteiger partial charge in [-0.2, -0.15) is 0 Å². The minimum absolute atomic E-state index is 0.189. The highest BCUT2D eigenvalue weighted by Gasteiger charge is 2.48. The van der Waals surface area contributed by atoms with Gasteiger partial charge in [0.1, 0.15) is 5.92 Å². The molecular weight excluding hydrogens is 182 g/mol. The molecule has 0 aromatic rings. The van der Waals surface area contributed by atoms with Crippen LogP contribution in [0.15, 0.2) is 0 Å². The standard InChI is InChI=1S/C10H17NO3/c1-9(2)5-6(12)7(8(13)14)10(3,4)11-9/h7,11H,5H2,1-4H3,(H,13,14). The first kappa shape index (κ1) is 11.2. The van der Waals surface area contributed by atoms with Gasteiger partial charge in [0.15, 0.2) is 5.78 Å². The SMILES string of the molecule is CC1(C)CC(=O)C(C(=O)O)C(C)(C)N1. The minimum atomic E-state index is -1.04. The molecule has 1 unspecified atom stereocenters. The summed E-state index contributed by atoms with van der Waals surface area (Å²) in [6, 6.07) is 0. The summed E-state index contributed by atoms with van der Waals surface area (Å²) in [5, 5.41) is 12.1. The third-order valence-electron chi connectivity index (χ3n) is 2.57. The zero-order chi connectivity index (χ0) is 11.1. The molecule has 0 aromatic carbocycles. The van der Waals surface area contributed by atoms with Gasteiger partial charge in [0.25, 0.3) is 0 Å². The van der Waals surface area contributed by atoms with Crippen molar-refractivity contribution in [3.05, 3.63) is 0 Å². The molecular formula is C10H17NO3. The summed E-state index contributed by atoms with van der Waals surface area (Å²) < 4.78 is 0. The number of Topliss-reactive ketones (excluding diaryl/α,β-unsaturated/α-hetero) is 1. The Morgan fingerprint density at radius 2 is 1.93 bits per heavy atom. The van der Waals surface area contributed by atoms with E-state index < -0.39 is 17.4 Å². The van der Waals surface area contributed by atoms with E-state index in [0.717, 1.165) is 0 Å². The summed E-state index contributed by atoms with van der Waals surface area (Å²) in [5.74, 6) is -2.16. The second kappa shape index (κ2) is 3.05. The van der Waals surface area contributed by atoms with Gasteiger partial charge in [-0.05, 0) is 27.7 Å². The van der Waals surface area contributed by atoms with Crippen LogP contribution in [0.3, 0.4) is 0 Å². The van der Waals surface area contributed by atoms with Crippen molar-refractivity contribution in [1.29, 1.82) is 0 Å². The van der Waals surface area contributed by atoms with Crippen molar-refractivity contribution in [2.24, 2.45) is 5.92 Å². The largest absolute Gasteiger partial charge is 0.481 e. The van der Waals surface area contributed by atoms with Crippen molar-refractivity contribution in [3.8, 4) is 0 Å². The van der Waals surface area contributed by atoms with Crippen molar-refractivity contribution in [3.63, 3.8) is 0 Å². The first-order chi connectivity index (χ1) is 6.16. The topological polar surface area (TPSA) is 66.4 Å². The maximum absolute atomic E-state index is 11.6. The molecule has 80 valence electrons. The van der Waals surface area contributed by atoms with Crippen LogP contribution < -0.4 is 5.32 Å². The number of nitrogens with one attached hydrogen (secondary N) is 1. The van der Waals surface area contributed by atoms with Gasteiger partial charge in [0, 0.05) is 17.5 Å². The van der Waals surface area contributed by atoms with Crippen LogP contribution in [0.5, 0.6) is 0 Å². The summed E-state index contributed by atoms with van der Waals surface area (Å²) in [7, 11) is 0. The maximum atomic E-state index is 11.6. The lowest BCUT2D eigenvalue weighted by molar-refractivity contribution is -0.152. The quantitative estimate of drug-likeness (QED) is 0.613. The summed E-state index contributed by atoms with van der Waals surface area (Å²) in [5.41, 5.74) is -0.989. The molecule has 0 aliphatic carbocycles. The third kappa shape index (κ3) is 1.95. The van der Waals surface area contributed by atoms with Gasteiger partial charge >= 0.3 is 5.97 Å². The molecule has 4 nitrogen and oxygen atoms in total. The van der Waals surface area contributed by atoms with Crippen LogP contribution in [0.25, 0.3) is 0 Å². The van der Waals surface area contributed by atoms with Crippen molar-refractivity contribution in [1.82, 2.24) is 5.32 Å². The van der Waals surface area contributed by atoms with Gasteiger partial charge in [-0.15, -0.1) is 0 Å². The number of piperidine rings is 1. The molecule has 2 N–H and O–H groups in total. The fourth-order valence-electron chi connectivity index (χ4n) is 2.38. The Labute approximate surface area is 83.7 Å². The van der Waals surface area contributed by atoms with Gasteiger partial charge < -0.3 is 10.4 Å². The predicted molar refractivity (Wildman–Crippen MR) is 52.0 cm³/mol. The average molecular weight is 199 g/mol. The van der Waals surface area contributed by atoms with Crippen LogP contribution in [0.1, 0.15) is 34.1 Å². The van der Waals surface area contributed by atoms with Crippen LogP contribution in [0.2, 0.25) is 0 Å². The van der Waals surface area contributed by atoms with Crippen LogP contribution in [0.4, 0.5) is 0 Å². The number of hydrogen-bond donors (Lipinski definition) is 2. The lowest BCUT2D eigenvalue weighted by Gasteiger charge is -2.45. The van der Waals surface area contributed by atoms with Gasteiger partial charge in [-0.1, -0.05) is 0 Å². The molecule has 14 heavy (non-hydrogen) atoms. The van der Waals surface area contributed by atoms with E-state index in [4.69, 9.17) is 5.11 Å². The van der Waals surface area contributed by atoms with E-state index in [-0.39, 0.29) is 17.7 Å². The molecule has 0 aromatic heterocycles. The number of rotatable bonds is 1. The van der Waals surface area contributed by atoms with Gasteiger partial charge in [0.05, 0.1) is 0 Å². The van der Waals surface area contributed by atoms with E-state index in [1.54, 1.807) is 13.8 Å². The Morgan fingerprint density at radius 3 is 2.29 bits per heavy atom. The summed E-state index contributed by atoms with van der Waals surface area (Å²) in [6.07, 6.45) is 0.271. The van der Waals surface area contributed by atoms with E-state index in [1.165, 1.54) is 0 Å². The van der Waals surface area contributed by atoms with E-state index in [1.807, 2.05) is 13.8 Å². The minimum Gasteiger partial charge on any atom is -0.481 e.